The first-order valence-electron chi connectivity index (χ1n) is 8.06. The van der Waals surface area contributed by atoms with Gasteiger partial charge in [-0.1, -0.05) is 6.42 Å². The molecule has 2 bridgehead atoms. The van der Waals surface area contributed by atoms with Crippen molar-refractivity contribution >= 4 is 23.8 Å². The van der Waals surface area contributed by atoms with Crippen molar-refractivity contribution in [3.8, 4) is 0 Å². The van der Waals surface area contributed by atoms with Gasteiger partial charge in [-0.25, -0.2) is 9.59 Å². The van der Waals surface area contributed by atoms with Crippen molar-refractivity contribution in [3.63, 3.8) is 0 Å². The molecule has 1 saturated heterocycles. The zero-order valence-corrected chi connectivity index (χ0v) is 12.8. The molecule has 0 aromatic heterocycles. The summed E-state index contributed by atoms with van der Waals surface area (Å²) in [5.74, 6) is 1.57. The Balaban J connectivity index is 1.46. The quantitative estimate of drug-likeness (QED) is 0.838. The third-order valence-electron chi connectivity index (χ3n) is 5.63. The van der Waals surface area contributed by atoms with Gasteiger partial charge in [-0.15, -0.1) is 11.8 Å². The van der Waals surface area contributed by atoms with Crippen LogP contribution in [0.1, 0.15) is 38.5 Å². The number of aliphatic carboxylic acids is 1. The van der Waals surface area contributed by atoms with E-state index in [-0.39, 0.29) is 17.4 Å². The Labute approximate surface area is 128 Å². The van der Waals surface area contributed by atoms with Gasteiger partial charge in [-0.3, -0.25) is 4.90 Å². The highest BCUT2D eigenvalue weighted by Gasteiger charge is 2.49. The minimum absolute atomic E-state index is 0.0738. The molecule has 0 spiro atoms. The Kier molecular flexibility index (Phi) is 3.32. The molecule has 21 heavy (non-hydrogen) atoms. The molecular weight excluding hydrogens is 288 g/mol. The normalized spacial score (nSPS) is 41.5. The number of carboxylic acid groups (broad SMARTS) is 1. The van der Waals surface area contributed by atoms with Gasteiger partial charge in [0.2, 0.25) is 0 Å². The molecule has 3 saturated carbocycles. The minimum Gasteiger partial charge on any atom is -0.480 e. The van der Waals surface area contributed by atoms with Gasteiger partial charge >= 0.3 is 12.0 Å². The molecule has 2 amide bonds. The standard InChI is InChI=1S/C15H22N2O3S/c18-14(19)12-7-21-13(9-3-4-9)17(12)15(20)16-11-6-8-1-2-10(11)5-8/h8-13H,1-7H2,(H,16,20)(H,18,19). The van der Waals surface area contributed by atoms with E-state index < -0.39 is 12.0 Å². The molecule has 5 unspecified atom stereocenters. The van der Waals surface area contributed by atoms with Crippen LogP contribution in [0.2, 0.25) is 0 Å². The van der Waals surface area contributed by atoms with Gasteiger partial charge in [-0.05, 0) is 49.9 Å². The molecule has 0 radical (unpaired) electrons. The van der Waals surface area contributed by atoms with Crippen molar-refractivity contribution in [2.75, 3.05) is 5.75 Å². The molecule has 2 N–H and O–H groups in total. The van der Waals surface area contributed by atoms with E-state index in [4.69, 9.17) is 0 Å². The van der Waals surface area contributed by atoms with E-state index in [9.17, 15) is 14.7 Å². The lowest BCUT2D eigenvalue weighted by atomic mass is 9.95. The number of rotatable bonds is 3. The Morgan fingerprint density at radius 1 is 1.10 bits per heavy atom. The van der Waals surface area contributed by atoms with Crippen LogP contribution >= 0.6 is 11.8 Å². The number of amides is 2. The number of thioether (sulfide) groups is 1. The molecule has 0 aromatic carbocycles. The Morgan fingerprint density at radius 3 is 2.43 bits per heavy atom. The van der Waals surface area contributed by atoms with Gasteiger partial charge < -0.3 is 10.4 Å². The van der Waals surface area contributed by atoms with Crippen molar-refractivity contribution in [2.45, 2.75) is 56.0 Å². The lowest BCUT2D eigenvalue weighted by molar-refractivity contribution is -0.141. The summed E-state index contributed by atoms with van der Waals surface area (Å²) in [5.41, 5.74) is 0. The number of carboxylic acids is 1. The highest BCUT2D eigenvalue weighted by atomic mass is 32.2. The summed E-state index contributed by atoms with van der Waals surface area (Å²) in [4.78, 5) is 25.7. The second-order valence-corrected chi connectivity index (χ2v) is 8.20. The van der Waals surface area contributed by atoms with Crippen LogP contribution in [0.3, 0.4) is 0 Å². The fourth-order valence-electron chi connectivity index (χ4n) is 4.37. The van der Waals surface area contributed by atoms with Crippen molar-refractivity contribution in [2.24, 2.45) is 17.8 Å². The van der Waals surface area contributed by atoms with Crippen molar-refractivity contribution < 1.29 is 14.7 Å². The lowest BCUT2D eigenvalue weighted by Crippen LogP contribution is -2.53. The van der Waals surface area contributed by atoms with E-state index in [0.717, 1.165) is 25.2 Å². The van der Waals surface area contributed by atoms with Gasteiger partial charge in [0.15, 0.2) is 0 Å². The Morgan fingerprint density at radius 2 is 1.86 bits per heavy atom. The zero-order valence-electron chi connectivity index (χ0n) is 12.0. The molecule has 5 nitrogen and oxygen atoms in total. The summed E-state index contributed by atoms with van der Waals surface area (Å²) in [6, 6.07) is -0.516. The number of carbonyl (C=O) groups excluding carboxylic acids is 1. The summed E-state index contributed by atoms with van der Waals surface area (Å²) in [5, 5.41) is 12.6. The molecule has 4 fully saturated rings. The first-order valence-corrected chi connectivity index (χ1v) is 9.11. The maximum absolute atomic E-state index is 12.7. The van der Waals surface area contributed by atoms with E-state index in [1.54, 1.807) is 16.7 Å². The van der Waals surface area contributed by atoms with E-state index in [0.29, 0.717) is 17.6 Å². The summed E-state index contributed by atoms with van der Waals surface area (Å²) >= 11 is 1.64. The highest BCUT2D eigenvalue weighted by Crippen LogP contribution is 2.47. The maximum Gasteiger partial charge on any atom is 0.327 e. The molecule has 1 aliphatic heterocycles. The molecule has 6 heteroatoms. The van der Waals surface area contributed by atoms with Crippen molar-refractivity contribution in [1.29, 1.82) is 0 Å². The number of carbonyl (C=O) groups is 2. The predicted octanol–water partition coefficient (Wildman–Crippen LogP) is 2.12. The van der Waals surface area contributed by atoms with Crippen LogP contribution in [0.15, 0.2) is 0 Å². The summed E-state index contributed by atoms with van der Waals surface area (Å²) in [6.07, 6.45) is 7.11. The van der Waals surface area contributed by atoms with Gasteiger partial charge in [-0.2, -0.15) is 0 Å². The van der Waals surface area contributed by atoms with E-state index in [1.807, 2.05) is 0 Å². The van der Waals surface area contributed by atoms with E-state index >= 15 is 0 Å². The molecule has 0 aromatic rings. The van der Waals surface area contributed by atoms with Crippen molar-refractivity contribution in [1.82, 2.24) is 10.2 Å². The average Bonchev–Trinajstić information content (AvgIpc) is 2.89. The number of fused-ring (bicyclic) bond motifs is 2. The van der Waals surface area contributed by atoms with Crippen LogP contribution in [0.5, 0.6) is 0 Å². The van der Waals surface area contributed by atoms with Crippen molar-refractivity contribution in [3.05, 3.63) is 0 Å². The summed E-state index contributed by atoms with van der Waals surface area (Å²) in [6.45, 7) is 0. The summed E-state index contributed by atoms with van der Waals surface area (Å²) in [7, 11) is 0. The average molecular weight is 310 g/mol. The molecule has 4 aliphatic rings. The number of nitrogens with one attached hydrogen (secondary N) is 1. The summed E-state index contributed by atoms with van der Waals surface area (Å²) < 4.78 is 0. The first-order chi connectivity index (χ1) is 10.1. The van der Waals surface area contributed by atoms with Gasteiger partial charge in [0, 0.05) is 11.8 Å². The minimum atomic E-state index is -0.867. The number of hydrogen-bond acceptors (Lipinski definition) is 3. The van der Waals surface area contributed by atoms with Crippen LogP contribution < -0.4 is 5.32 Å². The van der Waals surface area contributed by atoms with Crippen LogP contribution in [0.4, 0.5) is 4.79 Å². The smallest absolute Gasteiger partial charge is 0.327 e. The molecule has 4 rings (SSSR count). The monoisotopic (exact) mass is 310 g/mol. The molecule has 1 heterocycles. The Bertz CT molecular complexity index is 468. The Hall–Kier alpha value is -0.910. The maximum atomic E-state index is 12.7. The fourth-order valence-corrected chi connectivity index (χ4v) is 6.00. The number of nitrogens with zero attached hydrogens (tertiary/aromatic N) is 1. The molecule has 5 atom stereocenters. The van der Waals surface area contributed by atoms with Crippen LogP contribution in [0, 0.1) is 17.8 Å². The van der Waals surface area contributed by atoms with Gasteiger partial charge in [0.25, 0.3) is 0 Å². The number of urea groups is 1. The highest BCUT2D eigenvalue weighted by molar-refractivity contribution is 8.00. The number of hydrogen-bond donors (Lipinski definition) is 2. The second kappa shape index (κ2) is 5.07. The van der Waals surface area contributed by atoms with Gasteiger partial charge in [0.05, 0.1) is 5.37 Å². The molecule has 3 aliphatic carbocycles. The third-order valence-corrected chi connectivity index (χ3v) is 7.09. The SMILES string of the molecule is O=C(O)C1CSC(C2CC2)N1C(=O)NC1CC2CCC1C2. The molecular formula is C15H22N2O3S. The van der Waals surface area contributed by atoms with E-state index in [1.165, 1.54) is 19.3 Å². The second-order valence-electron chi connectivity index (χ2n) is 7.05. The largest absolute Gasteiger partial charge is 0.480 e. The van der Waals surface area contributed by atoms with Gasteiger partial charge in [0.1, 0.15) is 6.04 Å². The lowest BCUT2D eigenvalue weighted by Gasteiger charge is -2.31. The fraction of sp³-hybridized carbons (Fsp3) is 0.867. The van der Waals surface area contributed by atoms with Crippen LogP contribution in [-0.2, 0) is 4.79 Å². The predicted molar refractivity (Wildman–Crippen MR) is 80.0 cm³/mol. The molecule has 116 valence electrons. The zero-order chi connectivity index (χ0) is 14.6. The first kappa shape index (κ1) is 13.7. The van der Waals surface area contributed by atoms with Crippen LogP contribution in [0.25, 0.3) is 0 Å². The third kappa shape index (κ3) is 2.41. The topological polar surface area (TPSA) is 69.6 Å². The van der Waals surface area contributed by atoms with E-state index in [2.05, 4.69) is 5.32 Å². The van der Waals surface area contributed by atoms with Crippen LogP contribution in [-0.4, -0.2) is 45.2 Å².